The average molecular weight is 232 g/mol. The van der Waals surface area contributed by atoms with Gasteiger partial charge in [0.2, 0.25) is 5.88 Å². The number of nitrogens with zero attached hydrogens (tertiary/aromatic N) is 1. The number of pyridine rings is 1. The second-order valence-corrected chi connectivity index (χ2v) is 2.80. The molecule has 0 unspecified atom stereocenters. The fraction of sp³-hybridized carbons (Fsp3) is 0.444. The van der Waals surface area contributed by atoms with Crippen LogP contribution in [0.25, 0.3) is 0 Å². The van der Waals surface area contributed by atoms with Crippen LogP contribution in [-0.2, 0) is 0 Å². The lowest BCUT2D eigenvalue weighted by atomic mass is 10.4. The van der Waals surface area contributed by atoms with Gasteiger partial charge in [-0.05, 0) is 35.0 Å². The van der Waals surface area contributed by atoms with E-state index < -0.39 is 0 Å². The highest BCUT2D eigenvalue weighted by Gasteiger charge is 1.98. The summed E-state index contributed by atoms with van der Waals surface area (Å²) in [5.74, 6) is 0.639. The maximum atomic E-state index is 4.97. The van der Waals surface area contributed by atoms with Crippen LogP contribution < -0.4 is 4.74 Å². The van der Waals surface area contributed by atoms with E-state index in [2.05, 4.69) is 20.9 Å². The Balaban J connectivity index is 0.000000561. The Bertz CT molecular complexity index is 238. The first-order chi connectivity index (χ1) is 5.74. The number of aromatic nitrogens is 1. The second kappa shape index (κ2) is 6.00. The minimum absolute atomic E-state index is 0.639. The molecule has 3 heteroatoms. The van der Waals surface area contributed by atoms with Gasteiger partial charge in [0.25, 0.3) is 0 Å². The van der Waals surface area contributed by atoms with E-state index >= 15 is 0 Å². The Kier molecular flexibility index (Phi) is 5.72. The van der Waals surface area contributed by atoms with Gasteiger partial charge in [-0.3, -0.25) is 0 Å². The maximum Gasteiger partial charge on any atom is 0.227 e. The largest absolute Gasteiger partial charge is 0.480 e. The Labute approximate surface area is 82.1 Å². The predicted octanol–water partition coefficient (Wildman–Crippen LogP) is 3.19. The number of methoxy groups -OCH3 is 1. The van der Waals surface area contributed by atoms with Gasteiger partial charge < -0.3 is 4.74 Å². The molecule has 0 aromatic carbocycles. The smallest absolute Gasteiger partial charge is 0.227 e. The van der Waals surface area contributed by atoms with E-state index in [0.717, 1.165) is 10.2 Å². The van der Waals surface area contributed by atoms with Gasteiger partial charge >= 0.3 is 0 Å². The molecule has 0 amide bonds. The monoisotopic (exact) mass is 231 g/mol. The Morgan fingerprint density at radius 1 is 1.33 bits per heavy atom. The summed E-state index contributed by atoms with van der Waals surface area (Å²) in [6.45, 7) is 5.93. The van der Waals surface area contributed by atoms with Crippen LogP contribution in [0, 0.1) is 6.92 Å². The number of halogens is 1. The van der Waals surface area contributed by atoms with Gasteiger partial charge in [-0.1, -0.05) is 13.8 Å². The average Bonchev–Trinajstić information content (AvgIpc) is 2.13. The molecular weight excluding hydrogens is 218 g/mol. The molecule has 0 N–H and O–H groups in total. The van der Waals surface area contributed by atoms with Gasteiger partial charge in [0.1, 0.15) is 0 Å². The van der Waals surface area contributed by atoms with Gasteiger partial charge in [0.05, 0.1) is 11.6 Å². The molecule has 68 valence electrons. The lowest BCUT2D eigenvalue weighted by Gasteiger charge is -2.00. The van der Waals surface area contributed by atoms with E-state index in [1.54, 1.807) is 7.11 Å². The van der Waals surface area contributed by atoms with Crippen molar-refractivity contribution in [3.63, 3.8) is 0 Å². The van der Waals surface area contributed by atoms with Crippen LogP contribution in [0.3, 0.4) is 0 Å². The molecule has 1 aromatic heterocycles. The molecule has 2 nitrogen and oxygen atoms in total. The summed E-state index contributed by atoms with van der Waals surface area (Å²) < 4.78 is 5.86. The number of hydrogen-bond acceptors (Lipinski definition) is 2. The zero-order chi connectivity index (χ0) is 9.56. The molecule has 0 bridgehead atoms. The van der Waals surface area contributed by atoms with Crippen LogP contribution in [0.4, 0.5) is 0 Å². The van der Waals surface area contributed by atoms with Crippen molar-refractivity contribution >= 4 is 15.9 Å². The highest BCUT2D eigenvalue weighted by molar-refractivity contribution is 9.10. The molecule has 1 aromatic rings. The lowest BCUT2D eigenvalue weighted by Crippen LogP contribution is -1.89. The maximum absolute atomic E-state index is 4.97. The SMILES string of the molecule is CC.COc1nc(C)ccc1Br. The first-order valence-electron chi connectivity index (χ1n) is 3.91. The van der Waals surface area contributed by atoms with Crippen LogP contribution >= 0.6 is 15.9 Å². The highest BCUT2D eigenvalue weighted by Crippen LogP contribution is 2.21. The molecule has 0 aliphatic heterocycles. The van der Waals surface area contributed by atoms with Crippen LogP contribution in [0.5, 0.6) is 5.88 Å². The Hall–Kier alpha value is -0.570. The zero-order valence-electron chi connectivity index (χ0n) is 7.89. The first kappa shape index (κ1) is 11.4. The standard InChI is InChI=1S/C7H8BrNO.C2H6/c1-5-3-4-6(8)7(9-5)10-2;1-2/h3-4H,1-2H3;1-2H3. The van der Waals surface area contributed by atoms with Crippen molar-refractivity contribution in [2.24, 2.45) is 0 Å². The molecule has 0 aliphatic rings. The molecule has 12 heavy (non-hydrogen) atoms. The molecule has 0 saturated carbocycles. The van der Waals surface area contributed by atoms with E-state index in [4.69, 9.17) is 4.74 Å². The molecule has 1 heterocycles. The van der Waals surface area contributed by atoms with Crippen molar-refractivity contribution < 1.29 is 4.74 Å². The van der Waals surface area contributed by atoms with Crippen molar-refractivity contribution in [2.45, 2.75) is 20.8 Å². The zero-order valence-corrected chi connectivity index (χ0v) is 9.47. The van der Waals surface area contributed by atoms with Gasteiger partial charge in [0.15, 0.2) is 0 Å². The minimum Gasteiger partial charge on any atom is -0.480 e. The van der Waals surface area contributed by atoms with Crippen molar-refractivity contribution in [2.75, 3.05) is 7.11 Å². The number of aryl methyl sites for hydroxylation is 1. The quantitative estimate of drug-likeness (QED) is 0.741. The van der Waals surface area contributed by atoms with Crippen LogP contribution in [0.1, 0.15) is 19.5 Å². The van der Waals surface area contributed by atoms with Gasteiger partial charge in [-0.15, -0.1) is 0 Å². The summed E-state index contributed by atoms with van der Waals surface area (Å²) in [4.78, 5) is 4.12. The van der Waals surface area contributed by atoms with Crippen molar-refractivity contribution in [1.82, 2.24) is 4.98 Å². The summed E-state index contributed by atoms with van der Waals surface area (Å²) in [7, 11) is 1.60. The third-order valence-electron chi connectivity index (χ3n) is 1.15. The van der Waals surface area contributed by atoms with Gasteiger partial charge in [-0.25, -0.2) is 4.98 Å². The van der Waals surface area contributed by atoms with E-state index in [1.165, 1.54) is 0 Å². The molecule has 0 atom stereocenters. The highest BCUT2D eigenvalue weighted by atomic mass is 79.9. The van der Waals surface area contributed by atoms with Gasteiger partial charge in [-0.2, -0.15) is 0 Å². The third-order valence-corrected chi connectivity index (χ3v) is 1.75. The van der Waals surface area contributed by atoms with Gasteiger partial charge in [0, 0.05) is 5.69 Å². The summed E-state index contributed by atoms with van der Waals surface area (Å²) in [6.07, 6.45) is 0. The molecule has 1 rings (SSSR count). The summed E-state index contributed by atoms with van der Waals surface area (Å²) in [5.41, 5.74) is 0.958. The van der Waals surface area contributed by atoms with Crippen molar-refractivity contribution in [1.29, 1.82) is 0 Å². The first-order valence-corrected chi connectivity index (χ1v) is 4.70. The van der Waals surface area contributed by atoms with E-state index in [9.17, 15) is 0 Å². The Morgan fingerprint density at radius 3 is 2.33 bits per heavy atom. The van der Waals surface area contributed by atoms with Crippen LogP contribution in [-0.4, -0.2) is 12.1 Å². The topological polar surface area (TPSA) is 22.1 Å². The second-order valence-electron chi connectivity index (χ2n) is 1.94. The lowest BCUT2D eigenvalue weighted by molar-refractivity contribution is 0.394. The van der Waals surface area contributed by atoms with E-state index in [-0.39, 0.29) is 0 Å². The molecule has 0 spiro atoms. The number of hydrogen-bond donors (Lipinski definition) is 0. The molecule has 0 aliphatic carbocycles. The fourth-order valence-corrected chi connectivity index (χ4v) is 1.04. The predicted molar refractivity (Wildman–Crippen MR) is 54.6 cm³/mol. The molecule has 0 saturated heterocycles. The summed E-state index contributed by atoms with van der Waals surface area (Å²) >= 11 is 3.30. The molecule has 0 radical (unpaired) electrons. The minimum atomic E-state index is 0.639. The molecule has 0 fully saturated rings. The molecular formula is C9H14BrNO. The third kappa shape index (κ3) is 3.22. The van der Waals surface area contributed by atoms with E-state index in [1.807, 2.05) is 32.9 Å². The fourth-order valence-electron chi connectivity index (χ4n) is 0.659. The van der Waals surface area contributed by atoms with Crippen molar-refractivity contribution in [3.05, 3.63) is 22.3 Å². The van der Waals surface area contributed by atoms with Crippen LogP contribution in [0.2, 0.25) is 0 Å². The van der Waals surface area contributed by atoms with Crippen molar-refractivity contribution in [3.8, 4) is 5.88 Å². The van der Waals surface area contributed by atoms with Crippen LogP contribution in [0.15, 0.2) is 16.6 Å². The summed E-state index contributed by atoms with van der Waals surface area (Å²) in [6, 6.07) is 3.84. The normalized spacial score (nSPS) is 8.42. The van der Waals surface area contributed by atoms with E-state index in [0.29, 0.717) is 5.88 Å². The Morgan fingerprint density at radius 2 is 1.92 bits per heavy atom. The number of rotatable bonds is 1. The summed E-state index contributed by atoms with van der Waals surface area (Å²) in [5, 5.41) is 0. The number of ether oxygens (including phenoxy) is 1.